The largest absolute Gasteiger partial charge is 0.346 e. The van der Waals surface area contributed by atoms with Crippen molar-refractivity contribution in [1.82, 2.24) is 19.9 Å². The van der Waals surface area contributed by atoms with E-state index in [0.717, 1.165) is 28.2 Å². The molecule has 2 aliphatic rings. The number of aryl methyl sites for hydroxylation is 1. The molecular formula is C23H27N5S. The molecule has 1 N–H and O–H groups in total. The van der Waals surface area contributed by atoms with E-state index in [1.807, 2.05) is 23.1 Å². The van der Waals surface area contributed by atoms with Gasteiger partial charge in [-0.2, -0.15) is 5.10 Å². The molecule has 0 radical (unpaired) electrons. The summed E-state index contributed by atoms with van der Waals surface area (Å²) in [7, 11) is 0. The fourth-order valence-corrected chi connectivity index (χ4v) is 5.76. The van der Waals surface area contributed by atoms with Gasteiger partial charge in [-0.15, -0.1) is 11.3 Å². The van der Waals surface area contributed by atoms with Gasteiger partial charge in [-0.3, -0.25) is 4.99 Å². The first-order chi connectivity index (χ1) is 14.2. The lowest BCUT2D eigenvalue weighted by Crippen LogP contribution is -2.19. The van der Waals surface area contributed by atoms with Crippen molar-refractivity contribution in [2.75, 3.05) is 0 Å². The molecule has 0 spiro atoms. The summed E-state index contributed by atoms with van der Waals surface area (Å²) in [6.45, 7) is 4.27. The monoisotopic (exact) mass is 405 g/mol. The number of nitrogens with zero attached hydrogens (tertiary/aromatic N) is 4. The second-order valence-corrected chi connectivity index (χ2v) is 9.04. The first kappa shape index (κ1) is 18.6. The highest BCUT2D eigenvalue weighted by Gasteiger charge is 2.27. The molecule has 1 aliphatic carbocycles. The number of hydrogen-bond donors (Lipinski definition) is 1. The Hall–Kier alpha value is -2.47. The molecule has 1 unspecified atom stereocenters. The van der Waals surface area contributed by atoms with Gasteiger partial charge in [-0.1, -0.05) is 32.3 Å². The first-order valence-electron chi connectivity index (χ1n) is 10.7. The molecule has 4 heterocycles. The third-order valence-corrected chi connectivity index (χ3v) is 7.20. The molecule has 5 nitrogen and oxygen atoms in total. The average Bonchev–Trinajstić information content (AvgIpc) is 3.34. The number of fused-ring (bicyclic) bond motifs is 1. The van der Waals surface area contributed by atoms with Crippen molar-refractivity contribution in [2.45, 2.75) is 64.3 Å². The minimum absolute atomic E-state index is 0.245. The lowest BCUT2D eigenvalue weighted by molar-refractivity contribution is 0.437. The Bertz CT molecular complexity index is 1080. The molecule has 0 saturated heterocycles. The van der Waals surface area contributed by atoms with Gasteiger partial charge >= 0.3 is 0 Å². The summed E-state index contributed by atoms with van der Waals surface area (Å²) < 4.78 is 1.96. The zero-order valence-electron chi connectivity index (χ0n) is 17.1. The van der Waals surface area contributed by atoms with Crippen LogP contribution in [0.3, 0.4) is 0 Å². The van der Waals surface area contributed by atoms with Crippen LogP contribution in [-0.2, 0) is 0 Å². The van der Waals surface area contributed by atoms with Crippen LogP contribution in [0.15, 0.2) is 35.5 Å². The molecule has 0 bridgehead atoms. The highest BCUT2D eigenvalue weighted by molar-refractivity contribution is 7.16. The molecule has 1 saturated carbocycles. The number of aromatic nitrogens is 3. The molecule has 5 rings (SSSR count). The summed E-state index contributed by atoms with van der Waals surface area (Å²) in [5, 5.41) is 9.20. The third kappa shape index (κ3) is 3.39. The summed E-state index contributed by atoms with van der Waals surface area (Å²) >= 11 is 1.80. The highest BCUT2D eigenvalue weighted by atomic mass is 32.1. The first-order valence-corrected chi connectivity index (χ1v) is 11.5. The lowest BCUT2D eigenvalue weighted by Gasteiger charge is -2.22. The van der Waals surface area contributed by atoms with E-state index in [0.29, 0.717) is 5.92 Å². The maximum Gasteiger partial charge on any atom is 0.128 e. The van der Waals surface area contributed by atoms with Gasteiger partial charge in [0.1, 0.15) is 5.01 Å². The van der Waals surface area contributed by atoms with Crippen molar-refractivity contribution in [3.8, 4) is 10.6 Å². The Balaban J connectivity index is 1.65. The van der Waals surface area contributed by atoms with E-state index in [1.165, 1.54) is 48.4 Å². The fourth-order valence-electron chi connectivity index (χ4n) is 4.52. The van der Waals surface area contributed by atoms with Crippen molar-refractivity contribution in [1.29, 1.82) is 0 Å². The van der Waals surface area contributed by atoms with E-state index in [4.69, 9.17) is 10.1 Å². The second-order valence-electron chi connectivity index (χ2n) is 8.04. The van der Waals surface area contributed by atoms with Crippen molar-refractivity contribution in [3.63, 3.8) is 0 Å². The molecular weight excluding hydrogens is 378 g/mol. The lowest BCUT2D eigenvalue weighted by atomic mass is 9.86. The van der Waals surface area contributed by atoms with Crippen LogP contribution >= 0.6 is 11.3 Å². The Morgan fingerprint density at radius 3 is 2.90 bits per heavy atom. The molecule has 29 heavy (non-hydrogen) atoms. The zero-order chi connectivity index (χ0) is 19.8. The van der Waals surface area contributed by atoms with Crippen LogP contribution in [-0.4, -0.2) is 27.0 Å². The topological polar surface area (TPSA) is 54.6 Å². The van der Waals surface area contributed by atoms with Gasteiger partial charge in [0, 0.05) is 12.1 Å². The Labute approximate surface area is 175 Å². The van der Waals surface area contributed by atoms with Crippen LogP contribution in [0.5, 0.6) is 0 Å². The van der Waals surface area contributed by atoms with E-state index in [-0.39, 0.29) is 6.04 Å². The number of nitrogens with one attached hydrogen (secondary N) is 1. The van der Waals surface area contributed by atoms with Crippen molar-refractivity contribution in [2.24, 2.45) is 4.99 Å². The quantitative estimate of drug-likeness (QED) is 0.618. The van der Waals surface area contributed by atoms with E-state index in [2.05, 4.69) is 42.4 Å². The molecule has 0 aromatic carbocycles. The van der Waals surface area contributed by atoms with Crippen LogP contribution in [0.2, 0.25) is 0 Å². The predicted molar refractivity (Wildman–Crippen MR) is 121 cm³/mol. The van der Waals surface area contributed by atoms with Gasteiger partial charge in [-0.25, -0.2) is 9.50 Å². The van der Waals surface area contributed by atoms with Gasteiger partial charge in [0.15, 0.2) is 0 Å². The summed E-state index contributed by atoms with van der Waals surface area (Å²) in [5.41, 5.74) is 5.76. The highest BCUT2D eigenvalue weighted by Crippen LogP contribution is 2.42. The number of rotatable bonds is 4. The molecule has 0 amide bonds. The summed E-state index contributed by atoms with van der Waals surface area (Å²) in [6, 6.07) is 6.47. The second kappa shape index (κ2) is 7.75. The molecule has 3 aromatic rings. The number of aliphatic imine (C=N–C) groups is 1. The smallest absolute Gasteiger partial charge is 0.128 e. The SMILES string of the molecule is CCC1C=C(c2sc(-c3c(C)nn4ccccc34)nc2C2CCCCC2)NC=N1. The maximum atomic E-state index is 5.25. The van der Waals surface area contributed by atoms with Crippen molar-refractivity contribution in [3.05, 3.63) is 46.7 Å². The molecule has 150 valence electrons. The molecule has 1 aliphatic heterocycles. The normalized spacial score (nSPS) is 20.1. The van der Waals surface area contributed by atoms with Crippen LogP contribution in [0.25, 0.3) is 21.8 Å². The van der Waals surface area contributed by atoms with Crippen LogP contribution in [0.4, 0.5) is 0 Å². The number of pyridine rings is 1. The molecule has 1 atom stereocenters. The van der Waals surface area contributed by atoms with Crippen LogP contribution in [0.1, 0.15) is 67.6 Å². The van der Waals surface area contributed by atoms with Crippen molar-refractivity contribution >= 4 is 28.9 Å². The van der Waals surface area contributed by atoms with Gasteiger partial charge in [0.2, 0.25) is 0 Å². The number of thiazole rings is 1. The third-order valence-electron chi connectivity index (χ3n) is 6.08. The van der Waals surface area contributed by atoms with E-state index in [9.17, 15) is 0 Å². The molecule has 1 fully saturated rings. The maximum absolute atomic E-state index is 5.25. The van der Waals surface area contributed by atoms with Crippen LogP contribution < -0.4 is 5.32 Å². The van der Waals surface area contributed by atoms with Crippen LogP contribution in [0, 0.1) is 6.92 Å². The van der Waals surface area contributed by atoms with Gasteiger partial charge in [0.05, 0.1) is 45.4 Å². The van der Waals surface area contributed by atoms with Gasteiger partial charge < -0.3 is 5.32 Å². The standard InChI is InChI=1S/C23H27N5S/c1-3-17-13-18(25-14-24-17)22-21(16-9-5-4-6-10-16)26-23(29-22)20-15(2)27-28-12-8-7-11-19(20)28/h7-8,11-14,16-17H,3-6,9-10H2,1-2H3,(H,24,25). The minimum Gasteiger partial charge on any atom is -0.346 e. The van der Waals surface area contributed by atoms with Crippen molar-refractivity contribution < 1.29 is 0 Å². The predicted octanol–water partition coefficient (Wildman–Crippen LogP) is 5.56. The van der Waals surface area contributed by atoms with E-state index >= 15 is 0 Å². The van der Waals surface area contributed by atoms with E-state index < -0.39 is 0 Å². The van der Waals surface area contributed by atoms with Gasteiger partial charge in [-0.05, 0) is 44.4 Å². The zero-order valence-corrected chi connectivity index (χ0v) is 17.9. The Morgan fingerprint density at radius 1 is 1.21 bits per heavy atom. The minimum atomic E-state index is 0.245. The molecule has 3 aromatic heterocycles. The Morgan fingerprint density at radius 2 is 2.07 bits per heavy atom. The fraction of sp³-hybridized carbons (Fsp3) is 0.435. The summed E-state index contributed by atoms with van der Waals surface area (Å²) in [6.07, 6.45) is 13.6. The van der Waals surface area contributed by atoms with E-state index in [1.54, 1.807) is 11.3 Å². The van der Waals surface area contributed by atoms with Gasteiger partial charge in [0.25, 0.3) is 0 Å². The summed E-state index contributed by atoms with van der Waals surface area (Å²) in [5.74, 6) is 0.549. The number of hydrogen-bond acceptors (Lipinski definition) is 5. The Kier molecular flexibility index (Phi) is 4.96. The average molecular weight is 406 g/mol. The summed E-state index contributed by atoms with van der Waals surface area (Å²) in [4.78, 5) is 11.1. The molecule has 6 heteroatoms.